The maximum atomic E-state index is 12.6. The van der Waals surface area contributed by atoms with E-state index in [0.717, 1.165) is 23.3 Å². The molecule has 0 bridgehead atoms. The number of non-ortho nitro benzene ring substituents is 1. The Labute approximate surface area is 214 Å². The van der Waals surface area contributed by atoms with Gasteiger partial charge in [0.05, 0.1) is 27.4 Å². The Kier molecular flexibility index (Phi) is 8.27. The second kappa shape index (κ2) is 11.3. The molecule has 0 radical (unpaired) electrons. The van der Waals surface area contributed by atoms with Gasteiger partial charge in [-0.1, -0.05) is 29.8 Å². The molecular weight excluding hydrogens is 565 g/mol. The highest BCUT2D eigenvalue weighted by Crippen LogP contribution is 2.35. The molecule has 178 valence electrons. The summed E-state index contributed by atoms with van der Waals surface area (Å²) in [6, 6.07) is 16.4. The van der Waals surface area contributed by atoms with Gasteiger partial charge in [-0.2, -0.15) is 5.26 Å². The SMILES string of the molecule is COc1cc(/C=C(\C#N)C(=O)Nc2ccc([N+](=O)[O-])cc2O)cc(I)c1OCc1ccc(C)cc1. The van der Waals surface area contributed by atoms with Gasteiger partial charge in [-0.25, -0.2) is 0 Å². The molecule has 0 fully saturated rings. The quantitative estimate of drug-likeness (QED) is 0.0910. The number of methoxy groups -OCH3 is 1. The number of phenols is 1. The number of nitrogens with one attached hydrogen (secondary N) is 1. The Morgan fingerprint density at radius 1 is 1.23 bits per heavy atom. The predicted molar refractivity (Wildman–Crippen MR) is 138 cm³/mol. The largest absolute Gasteiger partial charge is 0.506 e. The molecule has 0 aliphatic heterocycles. The summed E-state index contributed by atoms with van der Waals surface area (Å²) in [6.07, 6.45) is 1.37. The van der Waals surface area contributed by atoms with Crippen LogP contribution in [0.5, 0.6) is 17.2 Å². The van der Waals surface area contributed by atoms with E-state index in [1.54, 1.807) is 12.1 Å². The van der Waals surface area contributed by atoms with Crippen molar-refractivity contribution in [3.8, 4) is 23.3 Å². The number of aryl methyl sites for hydroxylation is 1. The number of amides is 1. The van der Waals surface area contributed by atoms with Crippen LogP contribution in [-0.2, 0) is 11.4 Å². The smallest absolute Gasteiger partial charge is 0.273 e. The van der Waals surface area contributed by atoms with Crippen molar-refractivity contribution in [3.05, 3.63) is 90.5 Å². The second-order valence-electron chi connectivity index (χ2n) is 7.39. The number of phenolic OH excluding ortho intramolecular Hbond substituents is 1. The lowest BCUT2D eigenvalue weighted by Crippen LogP contribution is -2.13. The van der Waals surface area contributed by atoms with Crippen LogP contribution in [0.3, 0.4) is 0 Å². The lowest BCUT2D eigenvalue weighted by Gasteiger charge is -2.14. The van der Waals surface area contributed by atoms with Crippen molar-refractivity contribution >= 4 is 45.9 Å². The third-order valence-electron chi connectivity index (χ3n) is 4.87. The lowest BCUT2D eigenvalue weighted by atomic mass is 10.1. The van der Waals surface area contributed by atoms with E-state index in [9.17, 15) is 25.3 Å². The standard InChI is InChI=1S/C25H20IN3O6/c1-15-3-5-16(6-4-15)14-35-24-20(26)10-17(11-23(24)34-2)9-18(13-27)25(31)28-21-8-7-19(29(32)33)12-22(21)30/h3-12,30H,14H2,1-2H3,(H,28,31)/b18-9+. The molecule has 3 aromatic carbocycles. The van der Waals surface area contributed by atoms with Gasteiger partial charge >= 0.3 is 0 Å². The number of nitrogens with zero attached hydrogens (tertiary/aromatic N) is 2. The minimum absolute atomic E-state index is 0.0613. The summed E-state index contributed by atoms with van der Waals surface area (Å²) in [5, 5.41) is 32.7. The highest BCUT2D eigenvalue weighted by molar-refractivity contribution is 14.1. The topological polar surface area (TPSA) is 135 Å². The van der Waals surface area contributed by atoms with E-state index in [4.69, 9.17) is 9.47 Å². The van der Waals surface area contributed by atoms with Crippen LogP contribution in [0.1, 0.15) is 16.7 Å². The van der Waals surface area contributed by atoms with Gasteiger partial charge in [0.1, 0.15) is 24.0 Å². The first-order chi connectivity index (χ1) is 16.7. The third-order valence-corrected chi connectivity index (χ3v) is 5.67. The Bertz CT molecular complexity index is 1350. The molecule has 0 unspecified atom stereocenters. The molecule has 0 aliphatic carbocycles. The van der Waals surface area contributed by atoms with Gasteiger partial charge in [-0.3, -0.25) is 14.9 Å². The molecule has 3 rings (SSSR count). The van der Waals surface area contributed by atoms with Gasteiger partial charge in [-0.15, -0.1) is 0 Å². The Balaban J connectivity index is 1.81. The van der Waals surface area contributed by atoms with Gasteiger partial charge < -0.3 is 19.9 Å². The summed E-state index contributed by atoms with van der Waals surface area (Å²) in [5.41, 5.74) is 2.03. The Morgan fingerprint density at radius 3 is 2.54 bits per heavy atom. The monoisotopic (exact) mass is 585 g/mol. The predicted octanol–water partition coefficient (Wildman–Crippen LogP) is 5.35. The van der Waals surface area contributed by atoms with E-state index in [0.29, 0.717) is 27.2 Å². The highest BCUT2D eigenvalue weighted by atomic mass is 127. The van der Waals surface area contributed by atoms with Crippen LogP contribution in [0.2, 0.25) is 0 Å². The Morgan fingerprint density at radius 2 is 1.94 bits per heavy atom. The molecule has 0 aliphatic rings. The summed E-state index contributed by atoms with van der Waals surface area (Å²) >= 11 is 2.08. The van der Waals surface area contributed by atoms with Crippen molar-refractivity contribution in [2.75, 3.05) is 12.4 Å². The number of hydrogen-bond acceptors (Lipinski definition) is 7. The number of nitro benzene ring substituents is 1. The fraction of sp³-hybridized carbons (Fsp3) is 0.120. The summed E-state index contributed by atoms with van der Waals surface area (Å²) < 4.78 is 12.1. The van der Waals surface area contributed by atoms with Crippen LogP contribution in [0.4, 0.5) is 11.4 Å². The van der Waals surface area contributed by atoms with Crippen molar-refractivity contribution < 1.29 is 24.3 Å². The number of carbonyl (C=O) groups excluding carboxylic acids is 1. The first kappa shape index (κ1) is 25.5. The summed E-state index contributed by atoms with van der Waals surface area (Å²) in [6.45, 7) is 2.35. The number of carbonyl (C=O) groups is 1. The first-order valence-electron chi connectivity index (χ1n) is 10.2. The van der Waals surface area contributed by atoms with Crippen molar-refractivity contribution in [3.63, 3.8) is 0 Å². The molecule has 35 heavy (non-hydrogen) atoms. The highest BCUT2D eigenvalue weighted by Gasteiger charge is 2.17. The van der Waals surface area contributed by atoms with E-state index in [1.807, 2.05) is 37.3 Å². The number of rotatable bonds is 8. The van der Waals surface area contributed by atoms with E-state index < -0.39 is 16.6 Å². The number of ether oxygens (including phenoxy) is 2. The number of benzene rings is 3. The normalized spacial score (nSPS) is 10.9. The maximum Gasteiger partial charge on any atom is 0.273 e. The minimum Gasteiger partial charge on any atom is -0.506 e. The number of anilines is 1. The van der Waals surface area contributed by atoms with Gasteiger partial charge in [-0.05, 0) is 64.9 Å². The number of halogens is 1. The molecule has 0 saturated carbocycles. The van der Waals surface area contributed by atoms with E-state index in [1.165, 1.54) is 19.3 Å². The summed E-state index contributed by atoms with van der Waals surface area (Å²) in [4.78, 5) is 22.7. The van der Waals surface area contributed by atoms with E-state index in [2.05, 4.69) is 27.9 Å². The van der Waals surface area contributed by atoms with Gasteiger partial charge in [0.15, 0.2) is 11.5 Å². The lowest BCUT2D eigenvalue weighted by molar-refractivity contribution is -0.384. The molecule has 0 heterocycles. The molecule has 0 atom stereocenters. The molecule has 10 heteroatoms. The van der Waals surface area contributed by atoms with Crippen LogP contribution in [-0.4, -0.2) is 23.0 Å². The molecule has 0 spiro atoms. The van der Waals surface area contributed by atoms with Crippen LogP contribution < -0.4 is 14.8 Å². The van der Waals surface area contributed by atoms with Gasteiger partial charge in [0, 0.05) is 6.07 Å². The number of nitro groups is 1. The van der Waals surface area contributed by atoms with Gasteiger partial charge in [0.2, 0.25) is 0 Å². The molecule has 3 aromatic rings. The van der Waals surface area contributed by atoms with Crippen molar-refractivity contribution in [1.29, 1.82) is 5.26 Å². The summed E-state index contributed by atoms with van der Waals surface area (Å²) in [7, 11) is 1.49. The zero-order valence-corrected chi connectivity index (χ0v) is 20.9. The van der Waals surface area contributed by atoms with Crippen LogP contribution >= 0.6 is 22.6 Å². The fourth-order valence-electron chi connectivity index (χ4n) is 3.05. The van der Waals surface area contributed by atoms with Crippen LogP contribution in [0.15, 0.2) is 60.2 Å². The average Bonchev–Trinajstić information content (AvgIpc) is 2.83. The Hall–Kier alpha value is -4.11. The van der Waals surface area contributed by atoms with Crippen molar-refractivity contribution in [2.45, 2.75) is 13.5 Å². The van der Waals surface area contributed by atoms with E-state index >= 15 is 0 Å². The molecule has 1 amide bonds. The van der Waals surface area contributed by atoms with E-state index in [-0.39, 0.29) is 16.9 Å². The number of nitriles is 1. The maximum absolute atomic E-state index is 12.6. The fourth-order valence-corrected chi connectivity index (χ4v) is 3.83. The molecular formula is C25H20IN3O6. The first-order valence-corrected chi connectivity index (χ1v) is 11.3. The minimum atomic E-state index is -0.787. The average molecular weight is 585 g/mol. The van der Waals surface area contributed by atoms with Crippen LogP contribution in [0.25, 0.3) is 6.08 Å². The molecule has 9 nitrogen and oxygen atoms in total. The molecule has 0 aromatic heterocycles. The van der Waals surface area contributed by atoms with Crippen molar-refractivity contribution in [1.82, 2.24) is 0 Å². The molecule has 2 N–H and O–H groups in total. The van der Waals surface area contributed by atoms with Crippen molar-refractivity contribution in [2.24, 2.45) is 0 Å². The summed E-state index contributed by atoms with van der Waals surface area (Å²) in [5.74, 6) is -0.313. The number of hydrogen-bond donors (Lipinski definition) is 2. The zero-order valence-electron chi connectivity index (χ0n) is 18.7. The second-order valence-corrected chi connectivity index (χ2v) is 8.55. The number of aromatic hydroxyl groups is 1. The third kappa shape index (κ3) is 6.48. The van der Waals surface area contributed by atoms with Crippen LogP contribution in [0, 0.1) is 31.9 Å². The van der Waals surface area contributed by atoms with Gasteiger partial charge in [0.25, 0.3) is 11.6 Å². The zero-order chi connectivity index (χ0) is 25.5. The molecule has 0 saturated heterocycles.